The summed E-state index contributed by atoms with van der Waals surface area (Å²) in [5.41, 5.74) is 0. The van der Waals surface area contributed by atoms with Crippen molar-refractivity contribution < 1.29 is 4.79 Å². The zero-order valence-corrected chi connectivity index (χ0v) is 9.82. The van der Waals surface area contributed by atoms with Gasteiger partial charge in [-0.15, -0.1) is 0 Å². The predicted molar refractivity (Wildman–Crippen MR) is 61.6 cm³/mol. The number of hydrogen-bond donors (Lipinski definition) is 2. The topological polar surface area (TPSA) is 41.1 Å². The van der Waals surface area contributed by atoms with Gasteiger partial charge < -0.3 is 10.6 Å². The number of amides is 1. The maximum atomic E-state index is 11.5. The van der Waals surface area contributed by atoms with Crippen molar-refractivity contribution in [3.8, 4) is 0 Å². The summed E-state index contributed by atoms with van der Waals surface area (Å²) in [7, 11) is 0. The summed E-state index contributed by atoms with van der Waals surface area (Å²) in [5, 5.41) is 6.40. The molecule has 1 aliphatic heterocycles. The smallest absolute Gasteiger partial charge is 0.221 e. The molecule has 1 heterocycles. The lowest BCUT2D eigenvalue weighted by molar-refractivity contribution is -0.121. The van der Waals surface area contributed by atoms with Crippen LogP contribution in [0.4, 0.5) is 0 Å². The summed E-state index contributed by atoms with van der Waals surface area (Å²) < 4.78 is 0. The molecular formula is C10H20N2OS. The lowest BCUT2D eigenvalue weighted by Crippen LogP contribution is -2.50. The molecule has 0 saturated carbocycles. The van der Waals surface area contributed by atoms with E-state index in [0.717, 1.165) is 25.3 Å². The van der Waals surface area contributed by atoms with Gasteiger partial charge in [0, 0.05) is 24.8 Å². The van der Waals surface area contributed by atoms with E-state index < -0.39 is 0 Å². The zero-order valence-electron chi connectivity index (χ0n) is 9.01. The molecule has 0 bridgehead atoms. The molecule has 14 heavy (non-hydrogen) atoms. The van der Waals surface area contributed by atoms with E-state index in [1.165, 1.54) is 0 Å². The molecule has 1 rings (SSSR count). The van der Waals surface area contributed by atoms with E-state index in [9.17, 15) is 4.79 Å². The highest BCUT2D eigenvalue weighted by Gasteiger charge is 2.21. The predicted octanol–water partition coefficient (Wildman–Crippen LogP) is 0.854. The quantitative estimate of drug-likeness (QED) is 0.732. The summed E-state index contributed by atoms with van der Waals surface area (Å²) in [6.45, 7) is 4.21. The Hall–Kier alpha value is -0.220. The highest BCUT2D eigenvalue weighted by molar-refractivity contribution is 7.98. The van der Waals surface area contributed by atoms with Crippen molar-refractivity contribution in [3.05, 3.63) is 0 Å². The van der Waals surface area contributed by atoms with Gasteiger partial charge in [-0.3, -0.25) is 4.79 Å². The number of thioether (sulfide) groups is 1. The van der Waals surface area contributed by atoms with E-state index >= 15 is 0 Å². The first-order valence-electron chi connectivity index (χ1n) is 5.23. The van der Waals surface area contributed by atoms with Gasteiger partial charge >= 0.3 is 0 Å². The van der Waals surface area contributed by atoms with Crippen molar-refractivity contribution in [1.82, 2.24) is 10.6 Å². The Morgan fingerprint density at radius 3 is 3.07 bits per heavy atom. The van der Waals surface area contributed by atoms with Crippen LogP contribution in [0.2, 0.25) is 0 Å². The molecule has 0 spiro atoms. The summed E-state index contributed by atoms with van der Waals surface area (Å²) in [4.78, 5) is 11.5. The molecule has 1 aliphatic rings. The molecule has 4 heteroatoms. The third-order valence-electron chi connectivity index (χ3n) is 2.71. The first-order chi connectivity index (χ1) is 6.74. The van der Waals surface area contributed by atoms with Crippen LogP contribution < -0.4 is 10.6 Å². The van der Waals surface area contributed by atoms with Crippen molar-refractivity contribution in [2.45, 2.75) is 25.8 Å². The van der Waals surface area contributed by atoms with Crippen molar-refractivity contribution in [2.75, 3.05) is 25.1 Å². The second kappa shape index (κ2) is 6.30. The Morgan fingerprint density at radius 2 is 2.43 bits per heavy atom. The minimum atomic E-state index is 0.194. The summed E-state index contributed by atoms with van der Waals surface area (Å²) in [6, 6.07) is 0.332. The third kappa shape index (κ3) is 3.88. The lowest BCUT2D eigenvalue weighted by atomic mass is 9.95. The Bertz CT molecular complexity index is 187. The number of nitrogens with one attached hydrogen (secondary N) is 2. The van der Waals surface area contributed by atoms with Crippen LogP contribution in [0.25, 0.3) is 0 Å². The van der Waals surface area contributed by atoms with Gasteiger partial charge in [0.2, 0.25) is 5.91 Å². The van der Waals surface area contributed by atoms with Crippen LogP contribution in [0.15, 0.2) is 0 Å². The fourth-order valence-electron chi connectivity index (χ4n) is 1.66. The molecule has 2 N–H and O–H groups in total. The van der Waals surface area contributed by atoms with Crippen LogP contribution in [-0.2, 0) is 4.79 Å². The van der Waals surface area contributed by atoms with Crippen LogP contribution in [0.5, 0.6) is 0 Å². The van der Waals surface area contributed by atoms with Crippen LogP contribution in [0, 0.1) is 5.92 Å². The highest BCUT2D eigenvalue weighted by Crippen LogP contribution is 2.11. The van der Waals surface area contributed by atoms with E-state index in [4.69, 9.17) is 0 Å². The largest absolute Gasteiger partial charge is 0.352 e. The standard InChI is InChI=1S/C10H20N2OS/c1-8-3-5-11-7-9(8)12-10(13)4-6-14-2/h8-9,11H,3-7H2,1-2H3,(H,12,13). The molecule has 0 radical (unpaired) electrons. The summed E-state index contributed by atoms with van der Waals surface area (Å²) >= 11 is 1.72. The normalized spacial score (nSPS) is 27.3. The van der Waals surface area contributed by atoms with Crippen LogP contribution >= 0.6 is 11.8 Å². The molecule has 0 aromatic heterocycles. The van der Waals surface area contributed by atoms with Crippen molar-refractivity contribution in [2.24, 2.45) is 5.92 Å². The van der Waals surface area contributed by atoms with E-state index in [1.807, 2.05) is 6.26 Å². The van der Waals surface area contributed by atoms with Crippen molar-refractivity contribution >= 4 is 17.7 Å². The number of rotatable bonds is 4. The fourth-order valence-corrected chi connectivity index (χ4v) is 2.05. The van der Waals surface area contributed by atoms with Gasteiger partial charge in [0.15, 0.2) is 0 Å². The van der Waals surface area contributed by atoms with E-state index in [-0.39, 0.29) is 5.91 Å². The maximum Gasteiger partial charge on any atom is 0.221 e. The lowest BCUT2D eigenvalue weighted by Gasteiger charge is -2.30. The average molecular weight is 216 g/mol. The van der Waals surface area contributed by atoms with Crippen LogP contribution in [-0.4, -0.2) is 37.0 Å². The molecule has 82 valence electrons. The van der Waals surface area contributed by atoms with Crippen LogP contribution in [0.3, 0.4) is 0 Å². The van der Waals surface area contributed by atoms with Gasteiger partial charge in [0.05, 0.1) is 0 Å². The van der Waals surface area contributed by atoms with E-state index in [1.54, 1.807) is 11.8 Å². The highest BCUT2D eigenvalue weighted by atomic mass is 32.2. The van der Waals surface area contributed by atoms with E-state index in [0.29, 0.717) is 18.4 Å². The second-order valence-electron chi connectivity index (χ2n) is 3.89. The molecule has 1 saturated heterocycles. The van der Waals surface area contributed by atoms with Gasteiger partial charge in [0.1, 0.15) is 0 Å². The number of hydrogen-bond acceptors (Lipinski definition) is 3. The fraction of sp³-hybridized carbons (Fsp3) is 0.900. The molecule has 3 nitrogen and oxygen atoms in total. The molecule has 2 atom stereocenters. The van der Waals surface area contributed by atoms with Crippen LogP contribution in [0.1, 0.15) is 19.8 Å². The molecule has 1 fully saturated rings. The molecule has 2 unspecified atom stereocenters. The maximum absolute atomic E-state index is 11.5. The monoisotopic (exact) mass is 216 g/mol. The molecule has 1 amide bonds. The second-order valence-corrected chi connectivity index (χ2v) is 4.87. The Balaban J connectivity index is 2.23. The molecular weight excluding hydrogens is 196 g/mol. The third-order valence-corrected chi connectivity index (χ3v) is 3.32. The van der Waals surface area contributed by atoms with Gasteiger partial charge in [-0.05, 0) is 25.1 Å². The SMILES string of the molecule is CSCCC(=O)NC1CNCCC1C. The number of carbonyl (C=O) groups excluding carboxylic acids is 1. The minimum absolute atomic E-state index is 0.194. The first kappa shape index (κ1) is 11.9. The Kier molecular flexibility index (Phi) is 5.33. The van der Waals surface area contributed by atoms with Crippen molar-refractivity contribution in [1.29, 1.82) is 0 Å². The number of piperidine rings is 1. The zero-order chi connectivity index (χ0) is 10.4. The van der Waals surface area contributed by atoms with Gasteiger partial charge in [-0.25, -0.2) is 0 Å². The van der Waals surface area contributed by atoms with Gasteiger partial charge in [0.25, 0.3) is 0 Å². The summed E-state index contributed by atoms with van der Waals surface area (Å²) in [6.07, 6.45) is 3.83. The Labute approximate surface area is 90.4 Å². The first-order valence-corrected chi connectivity index (χ1v) is 6.62. The van der Waals surface area contributed by atoms with Gasteiger partial charge in [-0.1, -0.05) is 6.92 Å². The summed E-state index contributed by atoms with van der Waals surface area (Å²) in [5.74, 6) is 1.72. The minimum Gasteiger partial charge on any atom is -0.352 e. The van der Waals surface area contributed by atoms with Crippen molar-refractivity contribution in [3.63, 3.8) is 0 Å². The Morgan fingerprint density at radius 1 is 1.64 bits per heavy atom. The molecule has 0 aromatic carbocycles. The van der Waals surface area contributed by atoms with E-state index in [2.05, 4.69) is 17.6 Å². The van der Waals surface area contributed by atoms with Gasteiger partial charge in [-0.2, -0.15) is 11.8 Å². The molecule has 0 aromatic rings. The average Bonchev–Trinajstić information content (AvgIpc) is 2.18. The molecule has 0 aliphatic carbocycles. The number of carbonyl (C=O) groups is 1.